The van der Waals surface area contributed by atoms with Crippen LogP contribution in [-0.2, 0) is 4.74 Å². The second kappa shape index (κ2) is 6.56. The van der Waals surface area contributed by atoms with Crippen LogP contribution in [0.1, 0.15) is 10.4 Å². The third-order valence-corrected chi connectivity index (χ3v) is 5.15. The van der Waals surface area contributed by atoms with Crippen molar-refractivity contribution in [3.05, 3.63) is 61.2 Å². The van der Waals surface area contributed by atoms with Gasteiger partial charge in [-0.1, -0.05) is 18.2 Å². The average Bonchev–Trinajstić information content (AvgIpc) is 2.47. The highest BCUT2D eigenvalue weighted by molar-refractivity contribution is 5.92. The zero-order valence-electron chi connectivity index (χ0n) is 10.7. The minimum Gasteiger partial charge on any atom is -0.496 e. The number of benzene rings is 2. The first-order valence-corrected chi connectivity index (χ1v) is 7.86. The second-order valence-electron chi connectivity index (χ2n) is 3.73. The summed E-state index contributed by atoms with van der Waals surface area (Å²) in [5.74, 6) is 0.184. The van der Waals surface area contributed by atoms with Crippen LogP contribution in [0.4, 0.5) is 0 Å². The van der Waals surface area contributed by atoms with Gasteiger partial charge in [-0.15, -0.1) is 0 Å². The smallest absolute Gasteiger partial charge is 0.357 e. The van der Waals surface area contributed by atoms with E-state index in [1.807, 2.05) is 36.4 Å². The Hall–Kier alpha value is -1.56. The fraction of sp³-hybridized carbons (Fsp3) is 0.133. The van der Waals surface area contributed by atoms with Crippen LogP contribution >= 0.6 is 0 Å². The van der Waals surface area contributed by atoms with E-state index in [1.165, 1.54) is 10.7 Å². The highest BCUT2D eigenvalue weighted by Gasteiger charge is 2.20. The van der Waals surface area contributed by atoms with E-state index in [1.54, 1.807) is 7.11 Å². The third kappa shape index (κ3) is 3.47. The van der Waals surface area contributed by atoms with Gasteiger partial charge in [0, 0.05) is 6.07 Å². The van der Waals surface area contributed by atoms with Crippen LogP contribution in [0, 0.1) is 7.14 Å². The third-order valence-electron chi connectivity index (χ3n) is 2.52. The van der Waals surface area contributed by atoms with E-state index < -0.39 is 0 Å². The number of carbonyl (C=O) groups is 1. The maximum absolute atomic E-state index is 11.7. The normalized spacial score (nSPS) is 10.0. The summed E-state index contributed by atoms with van der Waals surface area (Å²) < 4.78 is 12.4. The van der Waals surface area contributed by atoms with Gasteiger partial charge in [0.2, 0.25) is 0 Å². The van der Waals surface area contributed by atoms with E-state index >= 15 is 0 Å². The van der Waals surface area contributed by atoms with E-state index in [-0.39, 0.29) is 27.2 Å². The molecule has 0 spiro atoms. The molecule has 0 N–H and O–H groups in total. The number of hydrogen-bond acceptors (Lipinski definition) is 3. The van der Waals surface area contributed by atoms with Crippen LogP contribution < -0.4 is 25.9 Å². The lowest BCUT2D eigenvalue weighted by atomic mass is 10.2. The molecule has 98 valence electrons. The SMILES string of the molecule is COC(=O)c1cc([I+]c2ccccc2)ccc1OC. The summed E-state index contributed by atoms with van der Waals surface area (Å²) in [6.45, 7) is 0. The molecule has 4 heteroatoms. The molecule has 0 amide bonds. The lowest BCUT2D eigenvalue weighted by molar-refractivity contribution is -0.597. The van der Waals surface area contributed by atoms with Crippen molar-refractivity contribution in [3.8, 4) is 5.75 Å². The average molecular weight is 369 g/mol. The van der Waals surface area contributed by atoms with Gasteiger partial charge >= 0.3 is 27.2 Å². The van der Waals surface area contributed by atoms with E-state index in [0.717, 1.165) is 3.57 Å². The molecular formula is C15H14IO3+. The van der Waals surface area contributed by atoms with Crippen molar-refractivity contribution < 1.29 is 35.5 Å². The minimum absolute atomic E-state index is 0.300. The summed E-state index contributed by atoms with van der Waals surface area (Å²) in [4.78, 5) is 11.7. The minimum atomic E-state index is -0.365. The van der Waals surface area contributed by atoms with Gasteiger partial charge in [0.25, 0.3) is 0 Å². The monoisotopic (exact) mass is 369 g/mol. The van der Waals surface area contributed by atoms with E-state index in [4.69, 9.17) is 9.47 Å². The largest absolute Gasteiger partial charge is 0.496 e. The Morgan fingerprint density at radius 1 is 1.00 bits per heavy atom. The first-order chi connectivity index (χ1) is 9.24. The Kier molecular flexibility index (Phi) is 4.79. The first kappa shape index (κ1) is 13.9. The van der Waals surface area contributed by atoms with Crippen molar-refractivity contribution in [2.75, 3.05) is 14.2 Å². The topological polar surface area (TPSA) is 35.5 Å². The molecule has 0 aliphatic heterocycles. The van der Waals surface area contributed by atoms with Gasteiger partial charge < -0.3 is 9.47 Å². The Morgan fingerprint density at radius 2 is 1.74 bits per heavy atom. The second-order valence-corrected chi connectivity index (χ2v) is 6.76. The van der Waals surface area contributed by atoms with Crippen molar-refractivity contribution in [1.82, 2.24) is 0 Å². The fourth-order valence-electron chi connectivity index (χ4n) is 1.61. The molecule has 2 aromatic rings. The predicted molar refractivity (Wildman–Crippen MR) is 68.2 cm³/mol. The molecule has 19 heavy (non-hydrogen) atoms. The van der Waals surface area contributed by atoms with Crippen LogP contribution in [0.3, 0.4) is 0 Å². The number of rotatable bonds is 4. The van der Waals surface area contributed by atoms with E-state index in [0.29, 0.717) is 11.3 Å². The molecule has 0 fully saturated rings. The summed E-state index contributed by atoms with van der Waals surface area (Å²) in [6.07, 6.45) is 0. The summed E-state index contributed by atoms with van der Waals surface area (Å²) in [6, 6.07) is 16.0. The number of carbonyl (C=O) groups excluding carboxylic acids is 1. The maximum atomic E-state index is 11.7. The summed E-state index contributed by atoms with van der Waals surface area (Å²) in [5.41, 5.74) is 0.484. The fourth-order valence-corrected chi connectivity index (χ4v) is 3.93. The number of ether oxygens (including phenoxy) is 2. The van der Waals surface area contributed by atoms with Gasteiger partial charge in [-0.3, -0.25) is 0 Å². The lowest BCUT2D eigenvalue weighted by Gasteiger charge is -2.05. The number of hydrogen-bond donors (Lipinski definition) is 0. The first-order valence-electron chi connectivity index (χ1n) is 5.71. The molecule has 0 aromatic heterocycles. The standard InChI is InChI=1S/C15H14IO3/c1-18-14-9-8-12(10-13(14)15(17)19-2)16-11-6-4-3-5-7-11/h3-10H,1-2H3/q+1. The van der Waals surface area contributed by atoms with Gasteiger partial charge in [-0.05, 0) is 24.3 Å². The zero-order chi connectivity index (χ0) is 13.7. The molecule has 0 saturated carbocycles. The highest BCUT2D eigenvalue weighted by Crippen LogP contribution is 2.17. The van der Waals surface area contributed by atoms with Gasteiger partial charge in [0.15, 0.2) is 7.14 Å². The van der Waals surface area contributed by atoms with Crippen molar-refractivity contribution >= 4 is 5.97 Å². The molecule has 0 bridgehead atoms. The Morgan fingerprint density at radius 3 is 2.37 bits per heavy atom. The maximum Gasteiger partial charge on any atom is 0.357 e. The molecule has 2 rings (SSSR count). The van der Waals surface area contributed by atoms with Gasteiger partial charge in [-0.25, -0.2) is 4.79 Å². The Labute approximate surface area is 122 Å². The zero-order valence-corrected chi connectivity index (χ0v) is 12.9. The summed E-state index contributed by atoms with van der Waals surface area (Å²) >= 11 is -0.300. The van der Waals surface area contributed by atoms with E-state index in [9.17, 15) is 4.79 Å². The Bertz CT molecular complexity index is 567. The molecule has 0 heterocycles. The van der Waals surface area contributed by atoms with Gasteiger partial charge in [0.05, 0.1) is 14.2 Å². The Balaban J connectivity index is 2.30. The quantitative estimate of drug-likeness (QED) is 0.544. The van der Waals surface area contributed by atoms with Crippen molar-refractivity contribution in [2.24, 2.45) is 0 Å². The summed E-state index contributed by atoms with van der Waals surface area (Å²) in [7, 11) is 2.92. The number of halogens is 1. The van der Waals surface area contributed by atoms with Gasteiger partial charge in [0.1, 0.15) is 11.3 Å². The molecule has 0 saturated heterocycles. The molecule has 0 aliphatic rings. The van der Waals surface area contributed by atoms with Crippen LogP contribution in [0.5, 0.6) is 5.75 Å². The van der Waals surface area contributed by atoms with E-state index in [2.05, 4.69) is 12.1 Å². The highest BCUT2D eigenvalue weighted by atomic mass is 127. The van der Waals surface area contributed by atoms with Crippen LogP contribution in [0.2, 0.25) is 0 Å². The lowest BCUT2D eigenvalue weighted by Crippen LogP contribution is -3.61. The molecule has 0 aliphatic carbocycles. The molecule has 2 aromatic carbocycles. The molecule has 0 radical (unpaired) electrons. The van der Waals surface area contributed by atoms with Crippen molar-refractivity contribution in [3.63, 3.8) is 0 Å². The van der Waals surface area contributed by atoms with Crippen LogP contribution in [-0.4, -0.2) is 20.2 Å². The van der Waals surface area contributed by atoms with Crippen molar-refractivity contribution in [2.45, 2.75) is 0 Å². The van der Waals surface area contributed by atoms with Crippen LogP contribution in [0.15, 0.2) is 48.5 Å². The van der Waals surface area contributed by atoms with Crippen LogP contribution in [0.25, 0.3) is 0 Å². The van der Waals surface area contributed by atoms with Crippen molar-refractivity contribution in [1.29, 1.82) is 0 Å². The predicted octanol–water partition coefficient (Wildman–Crippen LogP) is -0.390. The molecular weight excluding hydrogens is 355 g/mol. The molecule has 0 atom stereocenters. The number of methoxy groups -OCH3 is 2. The molecule has 0 unspecified atom stereocenters. The van der Waals surface area contributed by atoms with Gasteiger partial charge in [-0.2, -0.15) is 0 Å². The number of esters is 1. The molecule has 3 nitrogen and oxygen atoms in total. The summed E-state index contributed by atoms with van der Waals surface area (Å²) in [5, 5.41) is 0.